The number of pyridine rings is 1. The Morgan fingerprint density at radius 3 is 2.60 bits per heavy atom. The maximum atomic E-state index is 12.6. The molecule has 1 aliphatic heterocycles. The number of nitrogens with zero attached hydrogens (tertiary/aromatic N) is 6. The number of halogens is 3. The van der Waals surface area contributed by atoms with Gasteiger partial charge in [-0.05, 0) is 6.07 Å². The van der Waals surface area contributed by atoms with Gasteiger partial charge in [0, 0.05) is 63.4 Å². The molecule has 0 unspecified atom stereocenters. The maximum Gasteiger partial charge on any atom is 0.417 e. The summed E-state index contributed by atoms with van der Waals surface area (Å²) in [6, 6.07) is 2.17. The molecule has 1 saturated heterocycles. The van der Waals surface area contributed by atoms with Crippen LogP contribution < -0.4 is 15.0 Å². The molecule has 12 heteroatoms. The van der Waals surface area contributed by atoms with Crippen LogP contribution in [0.4, 0.5) is 18.3 Å². The summed E-state index contributed by atoms with van der Waals surface area (Å²) >= 11 is 1.43. The number of anilines is 1. The van der Waals surface area contributed by atoms with Crippen molar-refractivity contribution < 1.29 is 17.9 Å². The highest BCUT2D eigenvalue weighted by Gasteiger charge is 2.30. The summed E-state index contributed by atoms with van der Waals surface area (Å²) in [5, 5.41) is 4.16. The lowest BCUT2D eigenvalue weighted by Crippen LogP contribution is -2.53. The van der Waals surface area contributed by atoms with E-state index >= 15 is 0 Å². The smallest absolute Gasteiger partial charge is 0.417 e. The first kappa shape index (κ1) is 22.1. The normalized spacial score (nSPS) is 15.4. The van der Waals surface area contributed by atoms with Gasteiger partial charge in [0.15, 0.2) is 5.96 Å². The Kier molecular flexibility index (Phi) is 7.29. The lowest BCUT2D eigenvalue weighted by molar-refractivity contribution is -0.137. The van der Waals surface area contributed by atoms with Crippen molar-refractivity contribution in [2.75, 3.05) is 51.3 Å². The SMILES string of the molecule is CCc1nsc(N2CCN(C(=NC)NCCOc3ccc(C(F)(F)F)cn3)CC2)n1. The number of nitrogens with one attached hydrogen (secondary N) is 1. The number of aryl methyl sites for hydroxylation is 1. The molecular weight excluding hydrogens is 419 g/mol. The summed E-state index contributed by atoms with van der Waals surface area (Å²) in [7, 11) is 1.71. The summed E-state index contributed by atoms with van der Waals surface area (Å²) in [6.45, 7) is 5.98. The van der Waals surface area contributed by atoms with Crippen LogP contribution in [0.1, 0.15) is 18.3 Å². The maximum absolute atomic E-state index is 12.6. The second-order valence-corrected chi connectivity index (χ2v) is 7.26. The van der Waals surface area contributed by atoms with E-state index < -0.39 is 11.7 Å². The summed E-state index contributed by atoms with van der Waals surface area (Å²) in [5.41, 5.74) is -0.799. The fraction of sp³-hybridized carbons (Fsp3) is 0.556. The first-order valence-electron chi connectivity index (χ1n) is 9.60. The molecular formula is C18H24F3N7OS. The molecule has 1 N–H and O–H groups in total. The minimum absolute atomic E-state index is 0.150. The summed E-state index contributed by atoms with van der Waals surface area (Å²) < 4.78 is 47.4. The van der Waals surface area contributed by atoms with E-state index in [1.165, 1.54) is 17.6 Å². The van der Waals surface area contributed by atoms with Crippen LogP contribution in [-0.4, -0.2) is 71.6 Å². The third-order valence-electron chi connectivity index (χ3n) is 4.53. The zero-order chi connectivity index (χ0) is 21.6. The van der Waals surface area contributed by atoms with Gasteiger partial charge in [0.25, 0.3) is 0 Å². The van der Waals surface area contributed by atoms with Gasteiger partial charge in [-0.15, -0.1) is 0 Å². The van der Waals surface area contributed by atoms with Crippen LogP contribution in [0, 0.1) is 0 Å². The molecule has 2 aromatic rings. The average molecular weight is 443 g/mol. The van der Waals surface area contributed by atoms with E-state index in [9.17, 15) is 13.2 Å². The predicted octanol–water partition coefficient (Wildman–Crippen LogP) is 2.29. The third-order valence-corrected chi connectivity index (χ3v) is 5.35. The number of aliphatic imine (C=N–C) groups is 1. The van der Waals surface area contributed by atoms with Gasteiger partial charge in [-0.1, -0.05) is 6.92 Å². The summed E-state index contributed by atoms with van der Waals surface area (Å²) in [6.07, 6.45) is -2.81. The number of hydrogen-bond donors (Lipinski definition) is 1. The standard InChI is InChI=1S/C18H24F3N7OS/c1-3-14-25-17(30-26-14)28-9-7-27(8-10-28)16(22-2)23-6-11-29-15-5-4-13(12-24-15)18(19,20)21/h4-5,12H,3,6-11H2,1-2H3,(H,22,23). The van der Waals surface area contributed by atoms with Crippen molar-refractivity contribution in [3.8, 4) is 5.88 Å². The van der Waals surface area contributed by atoms with Crippen molar-refractivity contribution in [3.05, 3.63) is 29.7 Å². The molecule has 0 bridgehead atoms. The third kappa shape index (κ3) is 5.71. The van der Waals surface area contributed by atoms with Gasteiger partial charge in [-0.3, -0.25) is 4.99 Å². The fourth-order valence-corrected chi connectivity index (χ4v) is 3.71. The van der Waals surface area contributed by atoms with Crippen LogP contribution in [-0.2, 0) is 12.6 Å². The number of rotatable bonds is 6. The van der Waals surface area contributed by atoms with Crippen LogP contribution in [0.25, 0.3) is 0 Å². The van der Waals surface area contributed by atoms with E-state index in [1.807, 2.05) is 6.92 Å². The minimum atomic E-state index is -4.40. The van der Waals surface area contributed by atoms with Crippen LogP contribution in [0.15, 0.2) is 23.3 Å². The Morgan fingerprint density at radius 2 is 2.03 bits per heavy atom. The molecule has 0 saturated carbocycles. The minimum Gasteiger partial charge on any atom is -0.476 e. The highest BCUT2D eigenvalue weighted by molar-refractivity contribution is 7.09. The van der Waals surface area contributed by atoms with Crippen molar-refractivity contribution >= 4 is 22.6 Å². The first-order valence-corrected chi connectivity index (χ1v) is 10.4. The monoisotopic (exact) mass is 443 g/mol. The molecule has 3 rings (SSSR count). The highest BCUT2D eigenvalue weighted by Crippen LogP contribution is 2.29. The topological polar surface area (TPSA) is 78.8 Å². The molecule has 0 aromatic carbocycles. The van der Waals surface area contributed by atoms with Crippen molar-refractivity contribution in [1.82, 2.24) is 24.6 Å². The molecule has 0 spiro atoms. The zero-order valence-electron chi connectivity index (χ0n) is 16.8. The molecule has 1 aliphatic rings. The lowest BCUT2D eigenvalue weighted by Gasteiger charge is -2.36. The fourth-order valence-electron chi connectivity index (χ4n) is 2.91. The number of aromatic nitrogens is 3. The second kappa shape index (κ2) is 9.92. The Labute approximate surface area is 177 Å². The van der Waals surface area contributed by atoms with Gasteiger partial charge >= 0.3 is 6.18 Å². The van der Waals surface area contributed by atoms with Crippen LogP contribution in [0.2, 0.25) is 0 Å². The van der Waals surface area contributed by atoms with Crippen LogP contribution in [0.5, 0.6) is 5.88 Å². The second-order valence-electron chi connectivity index (χ2n) is 6.53. The van der Waals surface area contributed by atoms with Gasteiger partial charge in [0.2, 0.25) is 11.0 Å². The van der Waals surface area contributed by atoms with Crippen molar-refractivity contribution in [1.29, 1.82) is 0 Å². The van der Waals surface area contributed by atoms with Crippen molar-refractivity contribution in [2.45, 2.75) is 19.5 Å². The largest absolute Gasteiger partial charge is 0.476 e. The molecule has 30 heavy (non-hydrogen) atoms. The van der Waals surface area contributed by atoms with Crippen LogP contribution in [0.3, 0.4) is 0 Å². The van der Waals surface area contributed by atoms with Gasteiger partial charge in [-0.2, -0.15) is 17.5 Å². The van der Waals surface area contributed by atoms with E-state index in [-0.39, 0.29) is 12.5 Å². The summed E-state index contributed by atoms with van der Waals surface area (Å²) in [4.78, 5) is 16.9. The highest BCUT2D eigenvalue weighted by atomic mass is 32.1. The molecule has 0 atom stereocenters. The first-order chi connectivity index (χ1) is 14.4. The van der Waals surface area contributed by atoms with Crippen LogP contribution >= 0.6 is 11.5 Å². The molecule has 8 nitrogen and oxygen atoms in total. The molecule has 0 amide bonds. The molecule has 3 heterocycles. The molecule has 164 valence electrons. The van der Waals surface area contributed by atoms with Crippen molar-refractivity contribution in [2.24, 2.45) is 4.99 Å². The number of guanidine groups is 1. The lowest BCUT2D eigenvalue weighted by atomic mass is 10.3. The number of hydrogen-bond acceptors (Lipinski definition) is 7. The van der Waals surface area contributed by atoms with E-state index in [4.69, 9.17) is 4.74 Å². The zero-order valence-corrected chi connectivity index (χ0v) is 17.6. The van der Waals surface area contributed by atoms with Crippen molar-refractivity contribution in [3.63, 3.8) is 0 Å². The molecule has 2 aromatic heterocycles. The van der Waals surface area contributed by atoms with Gasteiger partial charge in [-0.25, -0.2) is 9.97 Å². The molecule has 1 fully saturated rings. The quantitative estimate of drug-likeness (QED) is 0.417. The summed E-state index contributed by atoms with van der Waals surface area (Å²) in [5.74, 6) is 1.78. The van der Waals surface area contributed by atoms with E-state index in [1.54, 1.807) is 7.05 Å². The molecule has 0 radical (unpaired) electrons. The molecule has 0 aliphatic carbocycles. The predicted molar refractivity (Wildman–Crippen MR) is 109 cm³/mol. The van der Waals surface area contributed by atoms with E-state index in [0.29, 0.717) is 6.54 Å². The van der Waals surface area contributed by atoms with E-state index in [0.717, 1.165) is 61.8 Å². The Hall–Kier alpha value is -2.63. The van der Waals surface area contributed by atoms with Gasteiger partial charge < -0.3 is 19.9 Å². The van der Waals surface area contributed by atoms with E-state index in [2.05, 4.69) is 34.5 Å². The van der Waals surface area contributed by atoms with Gasteiger partial charge in [0.05, 0.1) is 12.1 Å². The Balaban J connectivity index is 1.41. The average Bonchev–Trinajstić information content (AvgIpc) is 3.23. The number of alkyl halides is 3. The van der Waals surface area contributed by atoms with Gasteiger partial charge in [0.1, 0.15) is 12.4 Å². The Bertz CT molecular complexity index is 833. The number of ether oxygens (including phenoxy) is 1. The Morgan fingerprint density at radius 1 is 1.27 bits per heavy atom. The number of piperazine rings is 1.